The minimum Gasteiger partial charge on any atom is -0.485 e. The number of benzene rings is 2. The maximum atomic E-state index is 6.06. The van der Waals surface area contributed by atoms with Gasteiger partial charge in [-0.05, 0) is 36.1 Å². The van der Waals surface area contributed by atoms with E-state index in [0.29, 0.717) is 12.6 Å². The summed E-state index contributed by atoms with van der Waals surface area (Å²) in [6.45, 7) is 3.15. The molecule has 0 aromatic heterocycles. The van der Waals surface area contributed by atoms with Gasteiger partial charge in [-0.2, -0.15) is 0 Å². The Morgan fingerprint density at radius 1 is 0.958 bits per heavy atom. The lowest BCUT2D eigenvalue weighted by atomic mass is 10.1. The van der Waals surface area contributed by atoms with Crippen molar-refractivity contribution >= 4 is 0 Å². The summed E-state index contributed by atoms with van der Waals surface area (Å²) in [6, 6.07) is 16.9. The van der Waals surface area contributed by atoms with Crippen molar-refractivity contribution in [1.29, 1.82) is 0 Å². The zero-order valence-electron chi connectivity index (χ0n) is 13.7. The fourth-order valence-corrected chi connectivity index (χ4v) is 3.20. The van der Waals surface area contributed by atoms with Crippen LogP contribution in [0.4, 0.5) is 0 Å². The van der Waals surface area contributed by atoms with E-state index in [0.717, 1.165) is 43.2 Å². The van der Waals surface area contributed by atoms with Crippen LogP contribution < -0.4 is 14.8 Å². The van der Waals surface area contributed by atoms with Crippen molar-refractivity contribution in [2.24, 2.45) is 0 Å². The van der Waals surface area contributed by atoms with Gasteiger partial charge in [0.2, 0.25) is 0 Å². The molecule has 126 valence electrons. The van der Waals surface area contributed by atoms with Crippen molar-refractivity contribution < 1.29 is 14.2 Å². The highest BCUT2D eigenvalue weighted by Gasteiger charge is 2.22. The quantitative estimate of drug-likeness (QED) is 0.934. The summed E-state index contributed by atoms with van der Waals surface area (Å²) in [5.41, 5.74) is 2.43. The molecular weight excluding hydrogens is 302 g/mol. The summed E-state index contributed by atoms with van der Waals surface area (Å²) in [5.74, 6) is 1.64. The van der Waals surface area contributed by atoms with E-state index in [4.69, 9.17) is 14.2 Å². The van der Waals surface area contributed by atoms with Crippen molar-refractivity contribution in [2.45, 2.75) is 31.5 Å². The Morgan fingerprint density at radius 2 is 1.79 bits per heavy atom. The molecule has 1 unspecified atom stereocenters. The molecule has 1 saturated heterocycles. The molecule has 2 aliphatic heterocycles. The molecule has 2 aromatic carbocycles. The predicted octanol–water partition coefficient (Wildman–Crippen LogP) is 3.47. The van der Waals surface area contributed by atoms with Crippen LogP contribution in [0.25, 0.3) is 0 Å². The molecule has 1 fully saturated rings. The van der Waals surface area contributed by atoms with Gasteiger partial charge in [-0.1, -0.05) is 36.4 Å². The Balaban J connectivity index is 1.36. The van der Waals surface area contributed by atoms with E-state index >= 15 is 0 Å². The van der Waals surface area contributed by atoms with Crippen LogP contribution in [0.2, 0.25) is 0 Å². The number of fused-ring (bicyclic) bond motifs is 1. The van der Waals surface area contributed by atoms with E-state index in [1.807, 2.05) is 24.3 Å². The van der Waals surface area contributed by atoms with Gasteiger partial charge < -0.3 is 19.5 Å². The number of para-hydroxylation sites is 2. The van der Waals surface area contributed by atoms with Crippen LogP contribution in [0, 0.1) is 0 Å². The molecule has 1 N–H and O–H groups in total. The fourth-order valence-electron chi connectivity index (χ4n) is 3.20. The Hall–Kier alpha value is -2.04. The van der Waals surface area contributed by atoms with E-state index in [1.165, 1.54) is 12.0 Å². The van der Waals surface area contributed by atoms with Crippen LogP contribution in [-0.4, -0.2) is 25.9 Å². The van der Waals surface area contributed by atoms with Gasteiger partial charge in [0.15, 0.2) is 17.6 Å². The lowest BCUT2D eigenvalue weighted by Crippen LogP contribution is -2.36. The fraction of sp³-hybridized carbons (Fsp3) is 0.400. The number of hydrogen-bond donors (Lipinski definition) is 1. The number of nitrogens with one attached hydrogen (secondary N) is 1. The van der Waals surface area contributed by atoms with Crippen LogP contribution in [-0.2, 0) is 11.3 Å². The summed E-state index contributed by atoms with van der Waals surface area (Å²) in [4.78, 5) is 0. The van der Waals surface area contributed by atoms with Crippen molar-refractivity contribution in [1.82, 2.24) is 5.32 Å². The molecule has 2 aliphatic rings. The van der Waals surface area contributed by atoms with Gasteiger partial charge in [-0.25, -0.2) is 0 Å². The first-order chi connectivity index (χ1) is 11.9. The molecule has 0 aliphatic carbocycles. The average molecular weight is 325 g/mol. The molecule has 24 heavy (non-hydrogen) atoms. The summed E-state index contributed by atoms with van der Waals surface area (Å²) < 4.78 is 17.4. The predicted molar refractivity (Wildman–Crippen MR) is 92.4 cm³/mol. The number of ether oxygens (including phenoxy) is 3. The Bertz CT molecular complexity index is 665. The smallest absolute Gasteiger partial charge is 0.162 e. The first-order valence-corrected chi connectivity index (χ1v) is 8.67. The third kappa shape index (κ3) is 3.55. The second-order valence-corrected chi connectivity index (χ2v) is 6.40. The molecule has 4 heteroatoms. The van der Waals surface area contributed by atoms with Crippen LogP contribution in [0.1, 0.15) is 30.1 Å². The summed E-state index contributed by atoms with van der Waals surface area (Å²) >= 11 is 0. The molecule has 4 rings (SSSR count). The molecule has 0 spiro atoms. The van der Waals surface area contributed by atoms with Crippen molar-refractivity contribution in [3.8, 4) is 11.5 Å². The Labute approximate surface area is 142 Å². The van der Waals surface area contributed by atoms with Crippen LogP contribution >= 0.6 is 0 Å². The maximum Gasteiger partial charge on any atom is 0.162 e. The summed E-state index contributed by atoms with van der Waals surface area (Å²) in [5, 5.41) is 3.57. The molecule has 4 nitrogen and oxygen atoms in total. The van der Waals surface area contributed by atoms with Gasteiger partial charge in [0.25, 0.3) is 0 Å². The first kappa shape index (κ1) is 15.5. The Morgan fingerprint density at radius 3 is 2.58 bits per heavy atom. The average Bonchev–Trinajstić information content (AvgIpc) is 2.67. The molecule has 0 saturated carbocycles. The van der Waals surface area contributed by atoms with Crippen molar-refractivity contribution in [3.05, 3.63) is 59.7 Å². The van der Waals surface area contributed by atoms with Crippen LogP contribution in [0.15, 0.2) is 48.5 Å². The van der Waals surface area contributed by atoms with Gasteiger partial charge in [-0.3, -0.25) is 0 Å². The second kappa shape index (κ2) is 7.24. The molecule has 0 bridgehead atoms. The highest BCUT2D eigenvalue weighted by molar-refractivity contribution is 5.41. The SMILES string of the molecule is c1ccc2c(c1)OC[C@H](c1ccc(CNC3CCCOC3)cc1)O2. The van der Waals surface area contributed by atoms with E-state index in [2.05, 4.69) is 29.6 Å². The van der Waals surface area contributed by atoms with E-state index in [9.17, 15) is 0 Å². The zero-order valence-corrected chi connectivity index (χ0v) is 13.7. The standard InChI is InChI=1S/C20H23NO3/c1-2-6-19-18(5-1)23-14-20(24-19)16-9-7-15(8-10-16)12-21-17-4-3-11-22-13-17/h1-2,5-10,17,20-21H,3-4,11-14H2/t17?,20-/m1/s1. The topological polar surface area (TPSA) is 39.7 Å². The zero-order chi connectivity index (χ0) is 16.2. The van der Waals surface area contributed by atoms with E-state index in [1.54, 1.807) is 0 Å². The molecule has 0 amide bonds. The van der Waals surface area contributed by atoms with Crippen LogP contribution in [0.5, 0.6) is 11.5 Å². The normalized spacial score (nSPS) is 23.0. The molecular formula is C20H23NO3. The third-order valence-corrected chi connectivity index (χ3v) is 4.62. The van der Waals surface area contributed by atoms with Crippen molar-refractivity contribution in [2.75, 3.05) is 19.8 Å². The highest BCUT2D eigenvalue weighted by atomic mass is 16.6. The lowest BCUT2D eigenvalue weighted by molar-refractivity contribution is 0.0699. The van der Waals surface area contributed by atoms with Gasteiger partial charge in [0.05, 0.1) is 6.61 Å². The largest absolute Gasteiger partial charge is 0.485 e. The summed E-state index contributed by atoms with van der Waals surface area (Å²) in [6.07, 6.45) is 2.30. The van der Waals surface area contributed by atoms with Gasteiger partial charge >= 0.3 is 0 Å². The monoisotopic (exact) mass is 325 g/mol. The molecule has 2 atom stereocenters. The molecule has 2 heterocycles. The third-order valence-electron chi connectivity index (χ3n) is 4.62. The van der Waals surface area contributed by atoms with E-state index in [-0.39, 0.29) is 6.10 Å². The maximum absolute atomic E-state index is 6.06. The van der Waals surface area contributed by atoms with Gasteiger partial charge in [-0.15, -0.1) is 0 Å². The lowest BCUT2D eigenvalue weighted by Gasteiger charge is -2.27. The van der Waals surface area contributed by atoms with Gasteiger partial charge in [0.1, 0.15) is 6.61 Å². The minimum absolute atomic E-state index is 0.0475. The first-order valence-electron chi connectivity index (χ1n) is 8.67. The number of hydrogen-bond acceptors (Lipinski definition) is 4. The molecule has 0 radical (unpaired) electrons. The highest BCUT2D eigenvalue weighted by Crippen LogP contribution is 2.35. The second-order valence-electron chi connectivity index (χ2n) is 6.40. The van der Waals surface area contributed by atoms with E-state index < -0.39 is 0 Å². The molecule has 2 aromatic rings. The number of rotatable bonds is 4. The van der Waals surface area contributed by atoms with Gasteiger partial charge in [0, 0.05) is 19.2 Å². The minimum atomic E-state index is -0.0475. The van der Waals surface area contributed by atoms with Crippen molar-refractivity contribution in [3.63, 3.8) is 0 Å². The summed E-state index contributed by atoms with van der Waals surface area (Å²) in [7, 11) is 0. The Kier molecular flexibility index (Phi) is 4.67. The van der Waals surface area contributed by atoms with Crippen LogP contribution in [0.3, 0.4) is 0 Å².